The predicted octanol–water partition coefficient (Wildman–Crippen LogP) is 3.45. The van der Waals surface area contributed by atoms with E-state index in [1.807, 2.05) is 0 Å². The van der Waals surface area contributed by atoms with Gasteiger partial charge in [0, 0.05) is 22.3 Å². The molecule has 2 unspecified atom stereocenters. The van der Waals surface area contributed by atoms with Crippen LogP contribution in [0.5, 0.6) is 0 Å². The van der Waals surface area contributed by atoms with Gasteiger partial charge in [0.05, 0.1) is 0 Å². The van der Waals surface area contributed by atoms with Crippen molar-refractivity contribution in [3.8, 4) is 0 Å². The molecule has 4 heterocycles. The highest BCUT2D eigenvalue weighted by molar-refractivity contribution is 8.02. The molecule has 8 atom stereocenters. The number of hydrogen-bond acceptors (Lipinski definition) is 12. The zero-order valence-corrected chi connectivity index (χ0v) is 39.8. The van der Waals surface area contributed by atoms with Crippen LogP contribution in [-0.4, -0.2) is 134 Å². The first-order chi connectivity index (χ1) is 32.1. The summed E-state index contributed by atoms with van der Waals surface area (Å²) in [7, 11) is 0. The summed E-state index contributed by atoms with van der Waals surface area (Å²) in [6.45, 7) is 6.73. The van der Waals surface area contributed by atoms with Gasteiger partial charge in [-0.25, -0.2) is 19.2 Å². The number of aliphatic carboxylic acids is 2. The number of primary amides is 2. The molecule has 8 N–H and O–H groups in total. The smallest absolute Gasteiger partial charge is 0.327 e. The fourth-order valence-corrected chi connectivity index (χ4v) is 12.9. The molecular formula is C46H58N8O12S2. The molecule has 4 aliphatic rings. The van der Waals surface area contributed by atoms with Crippen molar-refractivity contribution in [1.29, 1.82) is 0 Å². The van der Waals surface area contributed by atoms with E-state index in [9.17, 15) is 58.2 Å². The van der Waals surface area contributed by atoms with Gasteiger partial charge in [-0.05, 0) is 51.7 Å². The number of carboxylic acid groups (broad SMARTS) is 2. The number of unbranched alkanes of at least 4 members (excludes halogenated alkanes) is 7. The van der Waals surface area contributed by atoms with Gasteiger partial charge in [-0.3, -0.25) is 38.6 Å². The predicted molar refractivity (Wildman–Crippen MR) is 249 cm³/mol. The van der Waals surface area contributed by atoms with Gasteiger partial charge in [0.2, 0.25) is 11.8 Å². The lowest BCUT2D eigenvalue weighted by atomic mass is 9.94. The standard InChI is InChI=1S/C46H58N8O12S2/c1-45(2)33(41(61)62)53-37(59)31(39(53)67-45)51(35(57)29(49-43(47)65)25-19-13-11-14-20-25)27(55)23-17-9-7-5-6-8-10-18-24-28(56)52(36(58)30(50-44(48)66)26-21-15-12-16-22-26)32-38(60)54-34(42(63)64)46(3,4)68-40(32)54/h11-16,19-22,29-34,39-40H,5-10,17-18,23-24H2,1-4H3,(H,61,62)(H,63,64)(H3,47,49,65)(H3,48,50,66)/t29?,30?,31-,32-,33+,34+,39-,40-/m1/s1. The summed E-state index contributed by atoms with van der Waals surface area (Å²) >= 11 is 2.37. The minimum Gasteiger partial charge on any atom is -0.480 e. The molecule has 20 nitrogen and oxygen atoms in total. The number of fused-ring (bicyclic) bond motifs is 2. The Balaban J connectivity index is 1.03. The number of carbonyl (C=O) groups excluding carboxylic acids is 8. The van der Waals surface area contributed by atoms with Crippen LogP contribution >= 0.6 is 23.5 Å². The molecule has 2 aromatic carbocycles. The Labute approximate surface area is 401 Å². The minimum absolute atomic E-state index is 0.108. The fourth-order valence-electron chi connectivity index (χ4n) is 9.57. The van der Waals surface area contributed by atoms with Crippen molar-refractivity contribution in [3.63, 3.8) is 0 Å². The summed E-state index contributed by atoms with van der Waals surface area (Å²) < 4.78 is -1.84. The van der Waals surface area contributed by atoms with Gasteiger partial charge >= 0.3 is 24.0 Å². The molecule has 0 spiro atoms. The van der Waals surface area contributed by atoms with Crippen LogP contribution in [0.1, 0.15) is 115 Å². The third-order valence-corrected chi connectivity index (χ3v) is 15.8. The van der Waals surface area contributed by atoms with Crippen LogP contribution in [0.15, 0.2) is 60.7 Å². The number of carboxylic acids is 2. The largest absolute Gasteiger partial charge is 0.480 e. The maximum absolute atomic E-state index is 14.3. The first-order valence-electron chi connectivity index (χ1n) is 22.5. The molecule has 6 rings (SSSR count). The summed E-state index contributed by atoms with van der Waals surface area (Å²) in [4.78, 5) is 137. The monoisotopic (exact) mass is 978 g/mol. The third-order valence-electron chi connectivity index (χ3n) is 12.7. The van der Waals surface area contributed by atoms with E-state index in [0.29, 0.717) is 49.7 Å². The molecule has 0 aromatic heterocycles. The molecule has 10 amide bonds. The summed E-state index contributed by atoms with van der Waals surface area (Å²) in [5, 5.41) is 23.1. The van der Waals surface area contributed by atoms with Crippen LogP contribution in [-0.2, 0) is 38.4 Å². The summed E-state index contributed by atoms with van der Waals surface area (Å²) in [5.74, 6) is -6.81. The third kappa shape index (κ3) is 10.4. The Hall–Kier alpha value is -6.16. The lowest BCUT2D eigenvalue weighted by Gasteiger charge is -2.48. The SMILES string of the molecule is CC1(C)S[C@@H]2[C@H](N(C(=O)CCCCCCCCCCC(=O)N(C(=O)C(NC(N)=O)c3ccccc3)[C@@H]3C(=O)N4[C@@H]3SC(C)(C)[C@@H]4C(=O)O)C(=O)C(NC(N)=O)c3ccccc3)C(=O)N2[C@H]1C(=O)O. The zero-order valence-electron chi connectivity index (χ0n) is 38.2. The van der Waals surface area contributed by atoms with Gasteiger partial charge in [0.1, 0.15) is 47.0 Å². The quantitative estimate of drug-likeness (QED) is 0.0772. The molecule has 0 radical (unpaired) electrons. The van der Waals surface area contributed by atoms with Crippen molar-refractivity contribution in [2.24, 2.45) is 11.5 Å². The van der Waals surface area contributed by atoms with E-state index in [2.05, 4.69) is 10.6 Å². The topological polar surface area (TPSA) is 300 Å². The molecule has 0 aliphatic carbocycles. The molecule has 0 saturated carbocycles. The number of rotatable bonds is 21. The lowest BCUT2D eigenvalue weighted by molar-refractivity contribution is -0.173. The molecule has 4 aliphatic heterocycles. The minimum atomic E-state index is -1.39. The fraction of sp³-hybridized carbons (Fsp3) is 0.522. The number of hydrogen-bond donors (Lipinski definition) is 6. The lowest BCUT2D eigenvalue weighted by Crippen LogP contribution is -2.72. The van der Waals surface area contributed by atoms with Gasteiger partial charge in [-0.15, -0.1) is 23.5 Å². The van der Waals surface area contributed by atoms with Crippen molar-refractivity contribution in [1.82, 2.24) is 30.2 Å². The zero-order chi connectivity index (χ0) is 49.8. The number of β-lactam (4-membered cyclic amide) rings is 2. The van der Waals surface area contributed by atoms with Crippen LogP contribution in [0, 0.1) is 0 Å². The van der Waals surface area contributed by atoms with Crippen molar-refractivity contribution in [2.75, 3.05) is 0 Å². The highest BCUT2D eigenvalue weighted by Gasteiger charge is 2.68. The van der Waals surface area contributed by atoms with Crippen LogP contribution in [0.2, 0.25) is 0 Å². The Morgan fingerprint density at radius 2 is 0.882 bits per heavy atom. The van der Waals surface area contributed by atoms with Crippen molar-refractivity contribution < 1.29 is 58.2 Å². The summed E-state index contributed by atoms with van der Waals surface area (Å²) in [6, 6.07) is 6.49. The Morgan fingerprint density at radius 1 is 0.574 bits per heavy atom. The van der Waals surface area contributed by atoms with E-state index in [1.54, 1.807) is 88.4 Å². The average Bonchev–Trinajstić information content (AvgIpc) is 3.69. The molecule has 366 valence electrons. The van der Waals surface area contributed by atoms with Crippen molar-refractivity contribution in [2.45, 2.75) is 148 Å². The molecule has 22 heteroatoms. The second kappa shape index (κ2) is 21.0. The van der Waals surface area contributed by atoms with Gasteiger partial charge in [0.15, 0.2) is 0 Å². The molecule has 68 heavy (non-hydrogen) atoms. The molecule has 4 fully saturated rings. The van der Waals surface area contributed by atoms with Crippen molar-refractivity contribution >= 4 is 83.0 Å². The average molecular weight is 979 g/mol. The van der Waals surface area contributed by atoms with Crippen LogP contribution in [0.3, 0.4) is 0 Å². The maximum atomic E-state index is 14.3. The number of carbonyl (C=O) groups is 10. The number of amides is 10. The van der Waals surface area contributed by atoms with E-state index < -0.39 is 116 Å². The van der Waals surface area contributed by atoms with E-state index in [0.717, 1.165) is 22.6 Å². The Bertz CT molecular complexity index is 2160. The second-order valence-electron chi connectivity index (χ2n) is 18.3. The number of nitrogens with one attached hydrogen (secondary N) is 2. The first-order valence-corrected chi connectivity index (χ1v) is 24.3. The molecular weight excluding hydrogens is 921 g/mol. The maximum Gasteiger partial charge on any atom is 0.327 e. The van der Waals surface area contributed by atoms with Crippen LogP contribution < -0.4 is 22.1 Å². The van der Waals surface area contributed by atoms with Crippen LogP contribution in [0.25, 0.3) is 0 Å². The van der Waals surface area contributed by atoms with Gasteiger partial charge in [-0.1, -0.05) is 99.2 Å². The Kier molecular flexibility index (Phi) is 15.8. The van der Waals surface area contributed by atoms with Gasteiger partial charge in [0.25, 0.3) is 23.6 Å². The summed E-state index contributed by atoms with van der Waals surface area (Å²) in [6.07, 6.45) is 4.64. The van der Waals surface area contributed by atoms with E-state index >= 15 is 0 Å². The number of benzene rings is 2. The highest BCUT2D eigenvalue weighted by atomic mass is 32.2. The van der Waals surface area contributed by atoms with Gasteiger partial charge in [-0.2, -0.15) is 0 Å². The molecule has 0 bridgehead atoms. The van der Waals surface area contributed by atoms with Gasteiger partial charge < -0.3 is 42.1 Å². The molecule has 2 aromatic rings. The van der Waals surface area contributed by atoms with E-state index in [-0.39, 0.29) is 12.8 Å². The molecule has 4 saturated heterocycles. The normalized spacial score (nSPS) is 23.7. The van der Waals surface area contributed by atoms with Crippen LogP contribution in [0.4, 0.5) is 9.59 Å². The number of nitrogens with zero attached hydrogens (tertiary/aromatic N) is 4. The number of nitrogens with two attached hydrogens (primary N) is 2. The van der Waals surface area contributed by atoms with Crippen molar-refractivity contribution in [3.05, 3.63) is 71.8 Å². The van der Waals surface area contributed by atoms with E-state index in [1.165, 1.54) is 33.3 Å². The summed E-state index contributed by atoms with van der Waals surface area (Å²) in [5.41, 5.74) is 11.5. The number of imide groups is 2. The van der Waals surface area contributed by atoms with E-state index in [4.69, 9.17) is 11.5 Å². The highest BCUT2D eigenvalue weighted by Crippen LogP contribution is 2.54. The number of thioether (sulfide) groups is 2. The first kappa shape index (κ1) is 51.2. The Morgan fingerprint density at radius 3 is 1.18 bits per heavy atom. The second-order valence-corrected chi connectivity index (χ2v) is 21.9. The number of urea groups is 2.